The van der Waals surface area contributed by atoms with Crippen molar-refractivity contribution >= 4 is 46.2 Å². The molecule has 0 amide bonds. The molecular formula is C22H27Cl2N7S. The quantitative estimate of drug-likeness (QED) is 0.519. The molecule has 3 aromatic rings. The zero-order chi connectivity index (χ0) is 22.7. The minimum Gasteiger partial charge on any atom is -0.346 e. The third-order valence-electron chi connectivity index (χ3n) is 5.82. The zero-order valence-electron chi connectivity index (χ0n) is 18.3. The molecule has 0 radical (unpaired) electrons. The van der Waals surface area contributed by atoms with E-state index in [1.807, 2.05) is 46.2 Å². The van der Waals surface area contributed by atoms with Gasteiger partial charge < -0.3 is 10.2 Å². The number of halogens is 2. The molecule has 1 aliphatic heterocycles. The first-order valence-electron chi connectivity index (χ1n) is 10.7. The molecule has 7 nitrogen and oxygen atoms in total. The van der Waals surface area contributed by atoms with Gasteiger partial charge in [0.15, 0.2) is 5.11 Å². The molecule has 0 spiro atoms. The Kier molecular flexibility index (Phi) is 7.35. The Labute approximate surface area is 203 Å². The maximum absolute atomic E-state index is 6.32. The molecule has 1 saturated heterocycles. The number of piperazine rings is 1. The van der Waals surface area contributed by atoms with Crippen molar-refractivity contribution in [3.63, 3.8) is 0 Å². The lowest BCUT2D eigenvalue weighted by Gasteiger charge is -2.36. The smallest absolute Gasteiger partial charge is 0.173 e. The number of nitrogens with zero attached hydrogens (tertiary/aromatic N) is 6. The van der Waals surface area contributed by atoms with Crippen LogP contribution in [0.4, 0.5) is 5.69 Å². The maximum atomic E-state index is 6.32. The van der Waals surface area contributed by atoms with Gasteiger partial charge in [-0.25, -0.2) is 0 Å². The highest BCUT2D eigenvalue weighted by Gasteiger charge is 2.21. The number of hydrogen-bond donors (Lipinski definition) is 1. The first-order chi connectivity index (χ1) is 15.4. The average molecular weight is 492 g/mol. The molecule has 10 heteroatoms. The predicted octanol–water partition coefficient (Wildman–Crippen LogP) is 4.28. The topological polar surface area (TPSA) is 54.2 Å². The SMILES string of the molecule is CCn1ncc(Cn2cc(NC(=S)N3CCN(Cc4c(Cl)cccc4Cl)CC3)cn2)c1C. The van der Waals surface area contributed by atoms with Gasteiger partial charge in [0.05, 0.1) is 24.6 Å². The lowest BCUT2D eigenvalue weighted by Crippen LogP contribution is -2.49. The lowest BCUT2D eigenvalue weighted by molar-refractivity contribution is 0.177. The van der Waals surface area contributed by atoms with E-state index >= 15 is 0 Å². The Balaban J connectivity index is 1.28. The van der Waals surface area contributed by atoms with E-state index in [2.05, 4.69) is 39.2 Å². The monoisotopic (exact) mass is 491 g/mol. The van der Waals surface area contributed by atoms with Crippen molar-refractivity contribution in [2.24, 2.45) is 0 Å². The molecule has 3 heterocycles. The highest BCUT2D eigenvalue weighted by atomic mass is 35.5. The van der Waals surface area contributed by atoms with Crippen molar-refractivity contribution in [1.29, 1.82) is 0 Å². The van der Waals surface area contributed by atoms with Gasteiger partial charge in [-0.3, -0.25) is 14.3 Å². The van der Waals surface area contributed by atoms with Gasteiger partial charge in [0, 0.05) is 72.3 Å². The molecule has 0 bridgehead atoms. The average Bonchev–Trinajstić information content (AvgIpc) is 3.37. The van der Waals surface area contributed by atoms with Crippen LogP contribution in [0.25, 0.3) is 0 Å². The lowest BCUT2D eigenvalue weighted by atomic mass is 10.2. The van der Waals surface area contributed by atoms with E-state index in [0.717, 1.165) is 55.6 Å². The standard InChI is InChI=1S/C22H27Cl2N7S/c1-3-31-16(2)17(11-26-31)13-30-14-18(12-25-30)27-22(32)29-9-7-28(8-10-29)15-19-20(23)5-4-6-21(19)24/h4-6,11-12,14H,3,7-10,13,15H2,1-2H3,(H,27,32). The molecule has 1 N–H and O–H groups in total. The van der Waals surface area contributed by atoms with Crippen LogP contribution in [0.1, 0.15) is 23.7 Å². The summed E-state index contributed by atoms with van der Waals surface area (Å²) < 4.78 is 3.90. The third kappa shape index (κ3) is 5.26. The van der Waals surface area contributed by atoms with Crippen LogP contribution in [-0.2, 0) is 19.6 Å². The molecule has 1 aliphatic rings. The summed E-state index contributed by atoms with van der Waals surface area (Å²) in [5.74, 6) is 0. The molecule has 0 atom stereocenters. The first-order valence-corrected chi connectivity index (χ1v) is 11.9. The van der Waals surface area contributed by atoms with Gasteiger partial charge in [0.2, 0.25) is 0 Å². The minimum atomic E-state index is 0.684. The largest absolute Gasteiger partial charge is 0.346 e. The van der Waals surface area contributed by atoms with Crippen molar-refractivity contribution in [1.82, 2.24) is 29.4 Å². The van der Waals surface area contributed by atoms with Crippen LogP contribution in [0.15, 0.2) is 36.8 Å². The molecule has 1 aromatic carbocycles. The summed E-state index contributed by atoms with van der Waals surface area (Å²) in [6, 6.07) is 5.64. The molecule has 0 saturated carbocycles. The van der Waals surface area contributed by atoms with E-state index in [0.29, 0.717) is 16.6 Å². The Morgan fingerprint density at radius 1 is 1.06 bits per heavy atom. The fourth-order valence-electron chi connectivity index (χ4n) is 3.87. The van der Waals surface area contributed by atoms with E-state index in [4.69, 9.17) is 35.4 Å². The van der Waals surface area contributed by atoms with Crippen LogP contribution in [0.3, 0.4) is 0 Å². The molecule has 0 unspecified atom stereocenters. The van der Waals surface area contributed by atoms with E-state index in [9.17, 15) is 0 Å². The second kappa shape index (κ2) is 10.2. The number of hydrogen-bond acceptors (Lipinski definition) is 4. The summed E-state index contributed by atoms with van der Waals surface area (Å²) in [4.78, 5) is 4.54. The summed E-state index contributed by atoms with van der Waals surface area (Å²) in [5.41, 5.74) is 4.21. The van der Waals surface area contributed by atoms with Gasteiger partial charge in [-0.2, -0.15) is 10.2 Å². The third-order valence-corrected chi connectivity index (χ3v) is 6.89. The van der Waals surface area contributed by atoms with Gasteiger partial charge in [-0.1, -0.05) is 29.3 Å². The van der Waals surface area contributed by atoms with E-state index in [1.54, 1.807) is 0 Å². The van der Waals surface area contributed by atoms with E-state index in [1.165, 1.54) is 11.3 Å². The van der Waals surface area contributed by atoms with E-state index in [-0.39, 0.29) is 0 Å². The van der Waals surface area contributed by atoms with Crippen LogP contribution in [0.2, 0.25) is 10.0 Å². The normalized spacial score (nSPS) is 14.7. The summed E-state index contributed by atoms with van der Waals surface area (Å²) in [6.07, 6.45) is 5.69. The van der Waals surface area contributed by atoms with Gasteiger partial charge in [0.1, 0.15) is 0 Å². The summed E-state index contributed by atoms with van der Waals surface area (Å²) in [6.45, 7) is 9.94. The number of aromatic nitrogens is 4. The number of benzene rings is 1. The molecule has 2 aromatic heterocycles. The van der Waals surface area contributed by atoms with Crippen molar-refractivity contribution in [2.75, 3.05) is 31.5 Å². The molecule has 0 aliphatic carbocycles. The number of rotatable bonds is 6. The van der Waals surface area contributed by atoms with Crippen LogP contribution < -0.4 is 5.32 Å². The van der Waals surface area contributed by atoms with Gasteiger partial charge in [0.25, 0.3) is 0 Å². The number of aryl methyl sites for hydroxylation is 1. The summed E-state index contributed by atoms with van der Waals surface area (Å²) in [5, 5.41) is 14.3. The fourth-order valence-corrected chi connectivity index (χ4v) is 4.68. The predicted molar refractivity (Wildman–Crippen MR) is 133 cm³/mol. The second-order valence-electron chi connectivity index (χ2n) is 7.89. The summed E-state index contributed by atoms with van der Waals surface area (Å²) >= 11 is 18.3. The van der Waals surface area contributed by atoms with Crippen molar-refractivity contribution < 1.29 is 0 Å². The molecule has 4 rings (SSSR count). The highest BCUT2D eigenvalue weighted by molar-refractivity contribution is 7.80. The van der Waals surface area contributed by atoms with Crippen molar-refractivity contribution in [2.45, 2.75) is 33.5 Å². The van der Waals surface area contributed by atoms with Crippen molar-refractivity contribution in [3.05, 3.63) is 63.7 Å². The number of nitrogens with one attached hydrogen (secondary N) is 1. The fraction of sp³-hybridized carbons (Fsp3) is 0.409. The highest BCUT2D eigenvalue weighted by Crippen LogP contribution is 2.26. The molecule has 1 fully saturated rings. The second-order valence-corrected chi connectivity index (χ2v) is 9.09. The minimum absolute atomic E-state index is 0.684. The Hall–Kier alpha value is -2.13. The van der Waals surface area contributed by atoms with Gasteiger partial charge >= 0.3 is 0 Å². The van der Waals surface area contributed by atoms with Gasteiger partial charge in [-0.05, 0) is 38.2 Å². The Morgan fingerprint density at radius 3 is 2.44 bits per heavy atom. The Bertz CT molecular complexity index is 1070. The maximum Gasteiger partial charge on any atom is 0.173 e. The van der Waals surface area contributed by atoms with Crippen molar-refractivity contribution in [3.8, 4) is 0 Å². The van der Waals surface area contributed by atoms with Crippen LogP contribution in [-0.4, -0.2) is 60.7 Å². The Morgan fingerprint density at radius 2 is 1.78 bits per heavy atom. The number of thiocarbonyl (C=S) groups is 1. The first kappa shape index (κ1) is 23.0. The molecular weight excluding hydrogens is 465 g/mol. The molecule has 170 valence electrons. The van der Waals surface area contributed by atoms with E-state index < -0.39 is 0 Å². The molecule has 32 heavy (non-hydrogen) atoms. The van der Waals surface area contributed by atoms with Gasteiger partial charge in [-0.15, -0.1) is 0 Å². The van der Waals surface area contributed by atoms with Crippen LogP contribution in [0, 0.1) is 6.92 Å². The number of anilines is 1. The summed E-state index contributed by atoms with van der Waals surface area (Å²) in [7, 11) is 0. The van der Waals surface area contributed by atoms with Crippen LogP contribution >= 0.6 is 35.4 Å². The van der Waals surface area contributed by atoms with Crippen LogP contribution in [0.5, 0.6) is 0 Å². The zero-order valence-corrected chi connectivity index (χ0v) is 20.6.